The van der Waals surface area contributed by atoms with Crippen LogP contribution in [0.3, 0.4) is 0 Å². The SMILES string of the molecule is CC[C@@H](C)c1csc(NC(=O)N(C)Cc2cnccn2)n1. The van der Waals surface area contributed by atoms with Gasteiger partial charge in [-0.3, -0.25) is 15.3 Å². The summed E-state index contributed by atoms with van der Waals surface area (Å²) in [5.41, 5.74) is 1.77. The predicted octanol–water partition coefficient (Wildman–Crippen LogP) is 3.11. The fraction of sp³-hybridized carbons (Fsp3) is 0.429. The number of hydrogen-bond acceptors (Lipinski definition) is 5. The Kier molecular flexibility index (Phi) is 5.21. The quantitative estimate of drug-likeness (QED) is 0.921. The van der Waals surface area contributed by atoms with Crippen LogP contribution in [0.5, 0.6) is 0 Å². The molecule has 2 heterocycles. The Hall–Kier alpha value is -2.02. The van der Waals surface area contributed by atoms with Crippen LogP contribution in [0, 0.1) is 0 Å². The minimum Gasteiger partial charge on any atom is -0.322 e. The monoisotopic (exact) mass is 305 g/mol. The summed E-state index contributed by atoms with van der Waals surface area (Å²) in [5.74, 6) is 0.407. The molecular weight excluding hydrogens is 286 g/mol. The Balaban J connectivity index is 1.93. The number of carbonyl (C=O) groups is 1. The van der Waals surface area contributed by atoms with Gasteiger partial charge in [-0.2, -0.15) is 0 Å². The van der Waals surface area contributed by atoms with Gasteiger partial charge in [0.2, 0.25) is 0 Å². The topological polar surface area (TPSA) is 71.0 Å². The third kappa shape index (κ3) is 4.22. The lowest BCUT2D eigenvalue weighted by molar-refractivity contribution is 0.220. The number of thiazole rings is 1. The van der Waals surface area contributed by atoms with Crippen molar-refractivity contribution >= 4 is 22.5 Å². The van der Waals surface area contributed by atoms with Crippen LogP contribution in [-0.4, -0.2) is 32.9 Å². The first-order chi connectivity index (χ1) is 10.1. The molecule has 112 valence electrons. The molecule has 2 amide bonds. The van der Waals surface area contributed by atoms with E-state index in [0.29, 0.717) is 17.6 Å². The van der Waals surface area contributed by atoms with E-state index in [1.54, 1.807) is 30.5 Å². The zero-order chi connectivity index (χ0) is 15.2. The summed E-state index contributed by atoms with van der Waals surface area (Å²) in [6.45, 7) is 4.65. The van der Waals surface area contributed by atoms with Gasteiger partial charge in [0.1, 0.15) is 0 Å². The number of anilines is 1. The van der Waals surface area contributed by atoms with Crippen LogP contribution in [0.25, 0.3) is 0 Å². The van der Waals surface area contributed by atoms with Crippen LogP contribution in [0.4, 0.5) is 9.93 Å². The average Bonchev–Trinajstić information content (AvgIpc) is 2.96. The van der Waals surface area contributed by atoms with Crippen LogP contribution in [0.15, 0.2) is 24.0 Å². The van der Waals surface area contributed by atoms with Crippen molar-refractivity contribution in [2.75, 3.05) is 12.4 Å². The van der Waals surface area contributed by atoms with E-state index < -0.39 is 0 Å². The summed E-state index contributed by atoms with van der Waals surface area (Å²) in [6, 6.07) is -0.203. The van der Waals surface area contributed by atoms with E-state index >= 15 is 0 Å². The normalized spacial score (nSPS) is 12.0. The van der Waals surface area contributed by atoms with Crippen LogP contribution in [0.2, 0.25) is 0 Å². The van der Waals surface area contributed by atoms with Gasteiger partial charge in [0.15, 0.2) is 5.13 Å². The first kappa shape index (κ1) is 15.4. The molecule has 6 nitrogen and oxygen atoms in total. The molecule has 1 atom stereocenters. The van der Waals surface area contributed by atoms with Gasteiger partial charge in [-0.05, 0) is 12.3 Å². The maximum Gasteiger partial charge on any atom is 0.323 e. The molecule has 1 N–H and O–H groups in total. The molecule has 2 aromatic heterocycles. The van der Waals surface area contributed by atoms with Gasteiger partial charge in [-0.1, -0.05) is 13.8 Å². The average molecular weight is 305 g/mol. The first-order valence-electron chi connectivity index (χ1n) is 6.82. The molecule has 0 aliphatic rings. The number of hydrogen-bond donors (Lipinski definition) is 1. The van der Waals surface area contributed by atoms with Gasteiger partial charge in [-0.25, -0.2) is 9.78 Å². The lowest BCUT2D eigenvalue weighted by Gasteiger charge is -2.16. The summed E-state index contributed by atoms with van der Waals surface area (Å²) in [6.07, 6.45) is 5.90. The van der Waals surface area contributed by atoms with Crippen LogP contribution in [-0.2, 0) is 6.54 Å². The van der Waals surface area contributed by atoms with E-state index in [9.17, 15) is 4.79 Å². The number of rotatable bonds is 5. The van der Waals surface area contributed by atoms with Crippen LogP contribution in [0.1, 0.15) is 37.6 Å². The van der Waals surface area contributed by atoms with Crippen molar-refractivity contribution in [2.45, 2.75) is 32.7 Å². The maximum absolute atomic E-state index is 12.1. The predicted molar refractivity (Wildman–Crippen MR) is 83.3 cm³/mol. The Morgan fingerprint density at radius 3 is 2.95 bits per heavy atom. The van der Waals surface area contributed by atoms with E-state index in [-0.39, 0.29) is 6.03 Å². The second-order valence-corrected chi connectivity index (χ2v) is 5.73. The Labute approximate surface area is 128 Å². The Morgan fingerprint density at radius 1 is 1.48 bits per heavy atom. The largest absolute Gasteiger partial charge is 0.323 e. The van der Waals surface area contributed by atoms with Crippen LogP contribution < -0.4 is 5.32 Å². The van der Waals surface area contributed by atoms with Crippen molar-refractivity contribution in [1.82, 2.24) is 19.9 Å². The zero-order valence-corrected chi connectivity index (χ0v) is 13.2. The van der Waals surface area contributed by atoms with E-state index in [0.717, 1.165) is 17.8 Å². The minimum atomic E-state index is -0.203. The smallest absolute Gasteiger partial charge is 0.322 e. The standard InChI is InChI=1S/C14H19N5OS/c1-4-10(2)12-9-21-13(17-12)18-14(20)19(3)8-11-7-15-5-6-16-11/h5-7,9-10H,4,8H2,1-3H3,(H,17,18,20)/t10-/m1/s1. The number of nitrogens with one attached hydrogen (secondary N) is 1. The second-order valence-electron chi connectivity index (χ2n) is 4.87. The number of nitrogens with zero attached hydrogens (tertiary/aromatic N) is 4. The molecule has 0 saturated carbocycles. The number of amides is 2. The molecule has 0 bridgehead atoms. The van der Waals surface area contributed by atoms with E-state index in [1.807, 2.05) is 5.38 Å². The highest BCUT2D eigenvalue weighted by Gasteiger charge is 2.13. The van der Waals surface area contributed by atoms with Crippen molar-refractivity contribution in [3.8, 4) is 0 Å². The zero-order valence-electron chi connectivity index (χ0n) is 12.4. The number of carbonyl (C=O) groups excluding carboxylic acids is 1. The molecule has 0 aliphatic carbocycles. The fourth-order valence-corrected chi connectivity index (χ4v) is 2.51. The number of urea groups is 1. The van der Waals surface area contributed by atoms with Gasteiger partial charge >= 0.3 is 6.03 Å². The minimum absolute atomic E-state index is 0.203. The molecule has 0 unspecified atom stereocenters. The summed E-state index contributed by atoms with van der Waals surface area (Å²) in [4.78, 5) is 26.2. The highest BCUT2D eigenvalue weighted by molar-refractivity contribution is 7.13. The Morgan fingerprint density at radius 2 is 2.29 bits per heavy atom. The summed E-state index contributed by atoms with van der Waals surface area (Å²) >= 11 is 1.45. The van der Waals surface area contributed by atoms with Crippen molar-refractivity contribution < 1.29 is 4.79 Å². The third-order valence-corrected chi connectivity index (χ3v) is 3.99. The fourth-order valence-electron chi connectivity index (χ4n) is 1.69. The summed E-state index contributed by atoms with van der Waals surface area (Å²) in [5, 5.41) is 5.43. The third-order valence-electron chi connectivity index (χ3n) is 3.22. The second kappa shape index (κ2) is 7.12. The van der Waals surface area contributed by atoms with E-state index in [1.165, 1.54) is 11.3 Å². The van der Waals surface area contributed by atoms with E-state index in [4.69, 9.17) is 0 Å². The van der Waals surface area contributed by atoms with Gasteiger partial charge in [0.25, 0.3) is 0 Å². The van der Waals surface area contributed by atoms with Gasteiger partial charge in [-0.15, -0.1) is 11.3 Å². The molecule has 7 heteroatoms. The van der Waals surface area contributed by atoms with Crippen molar-refractivity contribution in [1.29, 1.82) is 0 Å². The summed E-state index contributed by atoms with van der Waals surface area (Å²) < 4.78 is 0. The van der Waals surface area contributed by atoms with Crippen molar-refractivity contribution in [3.63, 3.8) is 0 Å². The molecular formula is C14H19N5OS. The highest BCUT2D eigenvalue weighted by atomic mass is 32.1. The Bertz CT molecular complexity index is 586. The van der Waals surface area contributed by atoms with Crippen LogP contribution >= 0.6 is 11.3 Å². The lowest BCUT2D eigenvalue weighted by Crippen LogP contribution is -2.31. The molecule has 0 saturated heterocycles. The first-order valence-corrected chi connectivity index (χ1v) is 7.70. The molecule has 21 heavy (non-hydrogen) atoms. The molecule has 2 rings (SSSR count). The summed E-state index contributed by atoms with van der Waals surface area (Å²) in [7, 11) is 1.72. The lowest BCUT2D eigenvalue weighted by atomic mass is 10.1. The van der Waals surface area contributed by atoms with Gasteiger partial charge in [0, 0.05) is 24.8 Å². The maximum atomic E-state index is 12.1. The van der Waals surface area contributed by atoms with E-state index in [2.05, 4.69) is 34.1 Å². The van der Waals surface area contributed by atoms with Crippen molar-refractivity contribution in [2.24, 2.45) is 0 Å². The molecule has 0 spiro atoms. The van der Waals surface area contributed by atoms with Gasteiger partial charge < -0.3 is 4.90 Å². The van der Waals surface area contributed by atoms with Crippen molar-refractivity contribution in [3.05, 3.63) is 35.4 Å². The molecule has 0 fully saturated rings. The molecule has 0 aliphatic heterocycles. The molecule has 0 aromatic carbocycles. The van der Waals surface area contributed by atoms with Gasteiger partial charge in [0.05, 0.1) is 24.1 Å². The molecule has 2 aromatic rings. The molecule has 0 radical (unpaired) electrons. The highest BCUT2D eigenvalue weighted by Crippen LogP contribution is 2.24. The number of aromatic nitrogens is 3.